The van der Waals surface area contributed by atoms with Crippen molar-refractivity contribution in [1.82, 2.24) is 9.97 Å². The first-order chi connectivity index (χ1) is 9.09. The molecule has 0 spiro atoms. The molecule has 0 atom stereocenters. The van der Waals surface area contributed by atoms with Gasteiger partial charge in [-0.2, -0.15) is 0 Å². The maximum absolute atomic E-state index is 9.34. The number of hydrogen-bond donors (Lipinski definition) is 1. The highest BCUT2D eigenvalue weighted by Crippen LogP contribution is 2.36. The van der Waals surface area contributed by atoms with Crippen molar-refractivity contribution in [1.29, 1.82) is 0 Å². The first-order valence-electron chi connectivity index (χ1n) is 6.88. The van der Waals surface area contributed by atoms with Crippen molar-refractivity contribution in [3.63, 3.8) is 0 Å². The van der Waals surface area contributed by atoms with Crippen LogP contribution < -0.4 is 5.46 Å². The molecule has 20 heavy (non-hydrogen) atoms. The fraction of sp³-hybridized carbons (Fsp3) is 0.714. The van der Waals surface area contributed by atoms with Crippen LogP contribution >= 0.6 is 0 Å². The second kappa shape index (κ2) is 4.79. The molecule has 1 aromatic heterocycles. The van der Waals surface area contributed by atoms with Crippen molar-refractivity contribution in [3.8, 4) is 0 Å². The van der Waals surface area contributed by atoms with Gasteiger partial charge in [-0.05, 0) is 27.7 Å². The molecule has 110 valence electrons. The van der Waals surface area contributed by atoms with Crippen molar-refractivity contribution < 1.29 is 14.4 Å². The quantitative estimate of drug-likeness (QED) is 0.837. The Kier molecular flexibility index (Phi) is 3.69. The van der Waals surface area contributed by atoms with Gasteiger partial charge in [-0.1, -0.05) is 13.8 Å². The Bertz CT molecular complexity index is 470. The Morgan fingerprint density at radius 1 is 1.10 bits per heavy atom. The molecule has 1 fully saturated rings. The Labute approximate surface area is 120 Å². The minimum Gasteiger partial charge on any atom is -0.399 e. The highest BCUT2D eigenvalue weighted by molar-refractivity contribution is 6.61. The molecule has 6 heteroatoms. The summed E-state index contributed by atoms with van der Waals surface area (Å²) in [5.74, 6) is 0.611. The highest BCUT2D eigenvalue weighted by atomic mass is 16.7. The molecule has 1 aromatic rings. The number of aromatic nitrogens is 2. The molecular weight excluding hydrogens is 255 g/mol. The lowest BCUT2D eigenvalue weighted by Crippen LogP contribution is -2.41. The first kappa shape index (κ1) is 15.4. The highest BCUT2D eigenvalue weighted by Gasteiger charge is 2.52. The molecule has 5 nitrogen and oxygen atoms in total. The van der Waals surface area contributed by atoms with Crippen molar-refractivity contribution in [2.45, 2.75) is 58.2 Å². The fourth-order valence-electron chi connectivity index (χ4n) is 1.86. The molecule has 2 rings (SSSR count). The summed E-state index contributed by atoms with van der Waals surface area (Å²) in [5, 5.41) is 9.34. The summed E-state index contributed by atoms with van der Waals surface area (Å²) in [7, 11) is -0.453. The minimum atomic E-state index is -0.453. The zero-order valence-corrected chi connectivity index (χ0v) is 13.1. The van der Waals surface area contributed by atoms with Crippen LogP contribution in [0.25, 0.3) is 0 Å². The molecule has 0 bridgehead atoms. The number of aliphatic hydroxyl groups is 1. The van der Waals surface area contributed by atoms with E-state index in [1.54, 1.807) is 12.4 Å². The summed E-state index contributed by atoms with van der Waals surface area (Å²) in [4.78, 5) is 8.66. The van der Waals surface area contributed by atoms with Crippen LogP contribution in [0.2, 0.25) is 0 Å². The predicted octanol–water partition coefficient (Wildman–Crippen LogP) is 1.05. The van der Waals surface area contributed by atoms with E-state index in [1.807, 2.05) is 41.5 Å². The second-order valence-electron chi connectivity index (χ2n) is 6.97. The van der Waals surface area contributed by atoms with Crippen LogP contribution in [0.3, 0.4) is 0 Å². The molecule has 0 aliphatic carbocycles. The van der Waals surface area contributed by atoms with E-state index in [9.17, 15) is 5.11 Å². The van der Waals surface area contributed by atoms with Gasteiger partial charge < -0.3 is 14.4 Å². The summed E-state index contributed by atoms with van der Waals surface area (Å²) >= 11 is 0. The van der Waals surface area contributed by atoms with Crippen LogP contribution in [-0.4, -0.2) is 40.0 Å². The van der Waals surface area contributed by atoms with Gasteiger partial charge in [-0.15, -0.1) is 0 Å². The maximum atomic E-state index is 9.34. The SMILES string of the molecule is CC(C)(CO)c1ncc(B2OC(C)(C)C(C)(C)O2)cn1. The van der Waals surface area contributed by atoms with Crippen molar-refractivity contribution in [3.05, 3.63) is 18.2 Å². The third-order valence-corrected chi connectivity index (χ3v) is 4.20. The van der Waals surface area contributed by atoms with Crippen LogP contribution in [-0.2, 0) is 14.7 Å². The smallest absolute Gasteiger partial charge is 0.399 e. The van der Waals surface area contributed by atoms with Crippen molar-refractivity contribution in [2.75, 3.05) is 6.61 Å². The van der Waals surface area contributed by atoms with Crippen LogP contribution in [0.5, 0.6) is 0 Å². The van der Waals surface area contributed by atoms with Crippen LogP contribution in [0.1, 0.15) is 47.4 Å². The fourth-order valence-corrected chi connectivity index (χ4v) is 1.86. The first-order valence-corrected chi connectivity index (χ1v) is 6.88. The van der Waals surface area contributed by atoms with Crippen LogP contribution in [0.15, 0.2) is 12.4 Å². The molecule has 0 unspecified atom stereocenters. The number of aliphatic hydroxyl groups excluding tert-OH is 1. The van der Waals surface area contributed by atoms with E-state index in [0.717, 1.165) is 5.46 Å². The van der Waals surface area contributed by atoms with Crippen molar-refractivity contribution in [2.24, 2.45) is 0 Å². The summed E-state index contributed by atoms with van der Waals surface area (Å²) in [6.45, 7) is 11.8. The Hall–Kier alpha value is -0.975. The second-order valence-corrected chi connectivity index (χ2v) is 6.97. The van der Waals surface area contributed by atoms with Crippen molar-refractivity contribution >= 4 is 12.6 Å². The Morgan fingerprint density at radius 3 is 1.95 bits per heavy atom. The van der Waals surface area contributed by atoms with E-state index >= 15 is 0 Å². The molecule has 0 amide bonds. The topological polar surface area (TPSA) is 64.5 Å². The predicted molar refractivity (Wildman–Crippen MR) is 77.9 cm³/mol. The summed E-state index contributed by atoms with van der Waals surface area (Å²) < 4.78 is 11.9. The Morgan fingerprint density at radius 2 is 1.55 bits per heavy atom. The van der Waals surface area contributed by atoms with Gasteiger partial charge >= 0.3 is 7.12 Å². The lowest BCUT2D eigenvalue weighted by atomic mass is 9.81. The van der Waals surface area contributed by atoms with Crippen LogP contribution in [0.4, 0.5) is 0 Å². The molecule has 1 aliphatic heterocycles. The molecule has 0 radical (unpaired) electrons. The molecule has 1 N–H and O–H groups in total. The van der Waals surface area contributed by atoms with Gasteiger partial charge in [0, 0.05) is 23.3 Å². The van der Waals surface area contributed by atoms with E-state index in [4.69, 9.17) is 9.31 Å². The van der Waals surface area contributed by atoms with Gasteiger partial charge in [0.05, 0.1) is 17.8 Å². The average Bonchev–Trinajstić information content (AvgIpc) is 2.59. The van der Waals surface area contributed by atoms with Gasteiger partial charge in [-0.3, -0.25) is 0 Å². The summed E-state index contributed by atoms with van der Waals surface area (Å²) in [5.41, 5.74) is -0.406. The summed E-state index contributed by atoms with van der Waals surface area (Å²) in [6.07, 6.45) is 3.42. The third-order valence-electron chi connectivity index (χ3n) is 4.20. The van der Waals surface area contributed by atoms with E-state index in [0.29, 0.717) is 5.82 Å². The van der Waals surface area contributed by atoms with Gasteiger partial charge in [0.2, 0.25) is 0 Å². The molecule has 1 aliphatic rings. The number of rotatable bonds is 3. The zero-order chi connectivity index (χ0) is 15.2. The summed E-state index contributed by atoms with van der Waals surface area (Å²) in [6, 6.07) is 0. The molecule has 1 saturated heterocycles. The standard InChI is InChI=1S/C14H23BN2O3/c1-12(2,9-18)11-16-7-10(8-17-11)15-19-13(3,4)14(5,6)20-15/h7-8,18H,9H2,1-6H3. The third kappa shape index (κ3) is 2.60. The van der Waals surface area contributed by atoms with Gasteiger partial charge in [-0.25, -0.2) is 9.97 Å². The van der Waals surface area contributed by atoms with E-state index < -0.39 is 12.5 Å². The molecular formula is C14H23BN2O3. The van der Waals surface area contributed by atoms with Gasteiger partial charge in [0.25, 0.3) is 0 Å². The molecule has 2 heterocycles. The lowest BCUT2D eigenvalue weighted by Gasteiger charge is -2.32. The largest absolute Gasteiger partial charge is 0.498 e. The zero-order valence-electron chi connectivity index (χ0n) is 13.1. The number of hydrogen-bond acceptors (Lipinski definition) is 5. The normalized spacial score (nSPS) is 21.2. The van der Waals surface area contributed by atoms with E-state index in [1.165, 1.54) is 0 Å². The number of nitrogens with zero attached hydrogens (tertiary/aromatic N) is 2. The van der Waals surface area contributed by atoms with Gasteiger partial charge in [0.15, 0.2) is 0 Å². The maximum Gasteiger partial charge on any atom is 0.498 e. The van der Waals surface area contributed by atoms with E-state index in [2.05, 4.69) is 9.97 Å². The van der Waals surface area contributed by atoms with Gasteiger partial charge in [0.1, 0.15) is 5.82 Å². The molecule has 0 saturated carbocycles. The lowest BCUT2D eigenvalue weighted by molar-refractivity contribution is 0.00578. The monoisotopic (exact) mass is 278 g/mol. The van der Waals surface area contributed by atoms with Crippen LogP contribution in [0, 0.1) is 0 Å². The molecule has 0 aromatic carbocycles. The minimum absolute atomic E-state index is 0.00281. The average molecular weight is 278 g/mol. The van der Waals surface area contributed by atoms with E-state index in [-0.39, 0.29) is 17.8 Å². The Balaban J connectivity index is 2.21.